The summed E-state index contributed by atoms with van der Waals surface area (Å²) in [6.07, 6.45) is 10.4. The van der Waals surface area contributed by atoms with Crippen LogP contribution in [0, 0.1) is 34.8 Å². The summed E-state index contributed by atoms with van der Waals surface area (Å²) in [5.74, 6) is 0.682. The second-order valence-electron chi connectivity index (χ2n) is 7.54. The van der Waals surface area contributed by atoms with Crippen molar-refractivity contribution >= 4 is 0 Å². The predicted octanol–water partition coefficient (Wildman–Crippen LogP) is 7.62. The van der Waals surface area contributed by atoms with Gasteiger partial charge in [-0.1, -0.05) is 50.0 Å². The van der Waals surface area contributed by atoms with Crippen LogP contribution in [0.15, 0.2) is 55.1 Å². The van der Waals surface area contributed by atoms with Crippen molar-refractivity contribution in [2.24, 2.45) is 11.8 Å². The second-order valence-corrected chi connectivity index (χ2v) is 7.54. The monoisotopic (exact) mass is 399 g/mol. The van der Waals surface area contributed by atoms with Crippen LogP contribution in [-0.4, -0.2) is 6.67 Å². The Kier molecular flexibility index (Phi) is 9.50. The molecule has 1 saturated carbocycles. The van der Waals surface area contributed by atoms with Crippen LogP contribution < -0.4 is 0 Å². The standard InChI is InChI=1S/C13H7F2N.C12H21F/c14-12-5-3-9(4-6-12)10-1-2-11(8-16)13(15)7-10;1-2-3-4-11-5-7-12(8-6-11)9-10-13/h1-7H;2,11-12H,1,3-10H2. The van der Waals surface area contributed by atoms with Gasteiger partial charge in [0.25, 0.3) is 0 Å². The molecule has 2 aromatic carbocycles. The molecule has 0 aromatic heterocycles. The van der Waals surface area contributed by atoms with Gasteiger partial charge in [-0.25, -0.2) is 8.78 Å². The van der Waals surface area contributed by atoms with E-state index in [1.165, 1.54) is 56.4 Å². The molecule has 3 rings (SSSR count). The fraction of sp³-hybridized carbons (Fsp3) is 0.400. The zero-order valence-electron chi connectivity index (χ0n) is 16.7. The Hall–Kier alpha value is -2.54. The van der Waals surface area contributed by atoms with Crippen LogP contribution in [0.5, 0.6) is 0 Å². The summed E-state index contributed by atoms with van der Waals surface area (Å²) in [7, 11) is 0. The third-order valence-electron chi connectivity index (χ3n) is 5.53. The number of rotatable bonds is 6. The average molecular weight is 400 g/mol. The zero-order valence-corrected chi connectivity index (χ0v) is 16.7. The molecular formula is C25H28F3N. The molecular weight excluding hydrogens is 371 g/mol. The Balaban J connectivity index is 0.000000212. The highest BCUT2D eigenvalue weighted by Gasteiger charge is 2.19. The van der Waals surface area contributed by atoms with Gasteiger partial charge in [0.05, 0.1) is 12.2 Å². The van der Waals surface area contributed by atoms with Gasteiger partial charge in [-0.3, -0.25) is 4.39 Å². The van der Waals surface area contributed by atoms with E-state index in [1.54, 1.807) is 24.3 Å². The van der Waals surface area contributed by atoms with Crippen molar-refractivity contribution in [1.82, 2.24) is 0 Å². The number of alkyl halides is 1. The summed E-state index contributed by atoms with van der Waals surface area (Å²) in [4.78, 5) is 0. The Morgan fingerprint density at radius 3 is 2.03 bits per heavy atom. The van der Waals surface area contributed by atoms with E-state index in [9.17, 15) is 13.2 Å². The molecule has 0 heterocycles. The van der Waals surface area contributed by atoms with Gasteiger partial charge >= 0.3 is 0 Å². The van der Waals surface area contributed by atoms with Crippen LogP contribution in [0.1, 0.15) is 50.5 Å². The molecule has 1 aliphatic rings. The van der Waals surface area contributed by atoms with Crippen LogP contribution in [0.3, 0.4) is 0 Å². The van der Waals surface area contributed by atoms with E-state index in [0.29, 0.717) is 17.0 Å². The van der Waals surface area contributed by atoms with Crippen LogP contribution in [0.25, 0.3) is 11.1 Å². The Labute approximate surface area is 171 Å². The lowest BCUT2D eigenvalue weighted by atomic mass is 9.79. The Morgan fingerprint density at radius 2 is 1.52 bits per heavy atom. The molecule has 1 fully saturated rings. The van der Waals surface area contributed by atoms with E-state index in [0.717, 1.165) is 18.8 Å². The average Bonchev–Trinajstić information content (AvgIpc) is 2.74. The number of benzene rings is 2. The third kappa shape index (κ3) is 7.42. The highest BCUT2D eigenvalue weighted by atomic mass is 19.1. The van der Waals surface area contributed by atoms with Gasteiger partial charge in [0.2, 0.25) is 0 Å². The molecule has 0 radical (unpaired) electrons. The summed E-state index contributed by atoms with van der Waals surface area (Å²) in [6, 6.07) is 11.8. The van der Waals surface area contributed by atoms with Crippen molar-refractivity contribution in [3.63, 3.8) is 0 Å². The summed E-state index contributed by atoms with van der Waals surface area (Å²) in [6.45, 7) is 3.62. The Bertz CT molecular complexity index is 800. The van der Waals surface area contributed by atoms with Crippen molar-refractivity contribution in [3.05, 3.63) is 72.3 Å². The molecule has 0 saturated heterocycles. The number of allylic oxidation sites excluding steroid dienone is 1. The molecule has 0 amide bonds. The van der Waals surface area contributed by atoms with Crippen molar-refractivity contribution in [1.29, 1.82) is 5.26 Å². The lowest BCUT2D eigenvalue weighted by Crippen LogP contribution is -2.14. The second kappa shape index (κ2) is 12.1. The summed E-state index contributed by atoms with van der Waals surface area (Å²) in [5, 5.41) is 8.58. The normalized spacial score (nSPS) is 18.3. The molecule has 0 spiro atoms. The van der Waals surface area contributed by atoms with E-state index >= 15 is 0 Å². The minimum Gasteiger partial charge on any atom is -0.251 e. The highest BCUT2D eigenvalue weighted by molar-refractivity contribution is 5.64. The van der Waals surface area contributed by atoms with Gasteiger partial charge in [-0.15, -0.1) is 6.58 Å². The molecule has 1 aliphatic carbocycles. The SMILES string of the molecule is C=CCCC1CCC(CCF)CC1.N#Cc1ccc(-c2ccc(F)cc2)cc1F. The maximum Gasteiger partial charge on any atom is 0.141 e. The number of nitriles is 1. The molecule has 2 aromatic rings. The van der Waals surface area contributed by atoms with Gasteiger partial charge < -0.3 is 0 Å². The highest BCUT2D eigenvalue weighted by Crippen LogP contribution is 2.33. The van der Waals surface area contributed by atoms with Crippen LogP contribution >= 0.6 is 0 Å². The summed E-state index contributed by atoms with van der Waals surface area (Å²) in [5.41, 5.74) is 1.34. The van der Waals surface area contributed by atoms with Crippen LogP contribution in [0.4, 0.5) is 13.2 Å². The largest absolute Gasteiger partial charge is 0.251 e. The number of nitrogens with zero attached hydrogens (tertiary/aromatic N) is 1. The first kappa shape index (κ1) is 22.7. The zero-order chi connectivity index (χ0) is 21.1. The van der Waals surface area contributed by atoms with E-state index in [4.69, 9.17) is 5.26 Å². The van der Waals surface area contributed by atoms with Gasteiger partial charge in [-0.05, 0) is 66.5 Å². The van der Waals surface area contributed by atoms with Crippen molar-refractivity contribution < 1.29 is 13.2 Å². The molecule has 4 heteroatoms. The summed E-state index contributed by atoms with van der Waals surface area (Å²) < 4.78 is 38.1. The fourth-order valence-corrected chi connectivity index (χ4v) is 3.74. The number of hydrogen-bond acceptors (Lipinski definition) is 1. The lowest BCUT2D eigenvalue weighted by Gasteiger charge is -2.27. The molecule has 1 nitrogen and oxygen atoms in total. The molecule has 0 aliphatic heterocycles. The minimum atomic E-state index is -0.565. The molecule has 29 heavy (non-hydrogen) atoms. The molecule has 154 valence electrons. The first-order chi connectivity index (χ1) is 14.1. The van der Waals surface area contributed by atoms with E-state index in [-0.39, 0.29) is 18.1 Å². The number of hydrogen-bond donors (Lipinski definition) is 0. The van der Waals surface area contributed by atoms with Crippen molar-refractivity contribution in [2.45, 2.75) is 44.9 Å². The van der Waals surface area contributed by atoms with E-state index in [2.05, 4.69) is 6.58 Å². The first-order valence-corrected chi connectivity index (χ1v) is 10.2. The van der Waals surface area contributed by atoms with Crippen molar-refractivity contribution in [2.75, 3.05) is 6.67 Å². The van der Waals surface area contributed by atoms with Crippen molar-refractivity contribution in [3.8, 4) is 17.2 Å². The van der Waals surface area contributed by atoms with Gasteiger partial charge in [0.15, 0.2) is 0 Å². The maximum absolute atomic E-state index is 13.3. The topological polar surface area (TPSA) is 23.8 Å². The summed E-state index contributed by atoms with van der Waals surface area (Å²) >= 11 is 0. The van der Waals surface area contributed by atoms with E-state index < -0.39 is 5.82 Å². The smallest absolute Gasteiger partial charge is 0.141 e. The molecule has 0 bridgehead atoms. The third-order valence-corrected chi connectivity index (χ3v) is 5.53. The Morgan fingerprint density at radius 1 is 0.931 bits per heavy atom. The quantitative estimate of drug-likeness (QED) is 0.458. The predicted molar refractivity (Wildman–Crippen MR) is 112 cm³/mol. The number of halogens is 3. The first-order valence-electron chi connectivity index (χ1n) is 10.2. The van der Waals surface area contributed by atoms with Crippen LogP contribution in [-0.2, 0) is 0 Å². The molecule has 0 atom stereocenters. The van der Waals surface area contributed by atoms with Crippen LogP contribution in [0.2, 0.25) is 0 Å². The van der Waals surface area contributed by atoms with E-state index in [1.807, 2.05) is 6.08 Å². The van der Waals surface area contributed by atoms with Gasteiger partial charge in [0, 0.05) is 0 Å². The molecule has 0 N–H and O–H groups in total. The minimum absolute atomic E-state index is 0.00543. The van der Waals surface area contributed by atoms with Gasteiger partial charge in [-0.2, -0.15) is 5.26 Å². The maximum atomic E-state index is 13.3. The molecule has 0 unspecified atom stereocenters. The lowest BCUT2D eigenvalue weighted by molar-refractivity contribution is 0.239. The van der Waals surface area contributed by atoms with Gasteiger partial charge in [0.1, 0.15) is 17.7 Å². The fourth-order valence-electron chi connectivity index (χ4n) is 3.74.